The molecule has 2 aromatic rings. The molecule has 1 heteroatoms. The maximum Gasteiger partial charge on any atom is 0.127 e. The molecule has 96 valence electrons. The van der Waals surface area contributed by atoms with E-state index in [0.717, 1.165) is 16.9 Å². The van der Waals surface area contributed by atoms with Gasteiger partial charge in [-0.05, 0) is 36.6 Å². The van der Waals surface area contributed by atoms with Gasteiger partial charge in [-0.1, -0.05) is 42.3 Å². The number of aryl methyl sites for hydroxylation is 1. The zero-order valence-electron chi connectivity index (χ0n) is 11.6. The van der Waals surface area contributed by atoms with Crippen molar-refractivity contribution in [3.63, 3.8) is 0 Å². The van der Waals surface area contributed by atoms with E-state index in [-0.39, 0.29) is 5.92 Å². The van der Waals surface area contributed by atoms with Crippen molar-refractivity contribution in [3.05, 3.63) is 53.6 Å². The van der Waals surface area contributed by atoms with Gasteiger partial charge in [-0.15, -0.1) is 6.42 Å². The Morgan fingerprint density at radius 3 is 2.47 bits per heavy atom. The highest BCUT2D eigenvalue weighted by molar-refractivity contribution is 5.73. The predicted molar refractivity (Wildman–Crippen MR) is 80.4 cm³/mol. The summed E-state index contributed by atoms with van der Waals surface area (Å²) >= 11 is 0. The van der Waals surface area contributed by atoms with Crippen LogP contribution in [0.25, 0.3) is 11.1 Å². The van der Waals surface area contributed by atoms with Gasteiger partial charge in [0.05, 0.1) is 7.11 Å². The summed E-state index contributed by atoms with van der Waals surface area (Å²) in [6.07, 6.45) is 5.48. The van der Waals surface area contributed by atoms with Crippen LogP contribution in [0.5, 0.6) is 5.75 Å². The van der Waals surface area contributed by atoms with Crippen molar-refractivity contribution in [2.75, 3.05) is 7.11 Å². The molecular formula is C18H18O. The molecule has 0 aliphatic rings. The SMILES string of the molecule is C#C[C@@H](C)c1ccc(-c2ccccc2C)c(OC)c1. The minimum absolute atomic E-state index is 0.0971. The van der Waals surface area contributed by atoms with E-state index in [1.165, 1.54) is 11.1 Å². The molecule has 19 heavy (non-hydrogen) atoms. The van der Waals surface area contributed by atoms with E-state index in [4.69, 9.17) is 11.2 Å². The number of benzene rings is 2. The molecule has 0 amide bonds. The topological polar surface area (TPSA) is 9.23 Å². The highest BCUT2D eigenvalue weighted by atomic mass is 16.5. The Morgan fingerprint density at radius 1 is 1.11 bits per heavy atom. The van der Waals surface area contributed by atoms with Crippen molar-refractivity contribution in [3.8, 4) is 29.2 Å². The smallest absolute Gasteiger partial charge is 0.127 e. The third-order valence-corrected chi connectivity index (χ3v) is 3.41. The first-order valence-electron chi connectivity index (χ1n) is 6.37. The average Bonchev–Trinajstić information content (AvgIpc) is 2.46. The molecule has 0 aliphatic heterocycles. The van der Waals surface area contributed by atoms with Crippen LogP contribution in [0.2, 0.25) is 0 Å². The fourth-order valence-corrected chi connectivity index (χ4v) is 2.17. The van der Waals surface area contributed by atoms with Crippen molar-refractivity contribution in [2.45, 2.75) is 19.8 Å². The second kappa shape index (κ2) is 5.63. The van der Waals surface area contributed by atoms with E-state index >= 15 is 0 Å². The van der Waals surface area contributed by atoms with Gasteiger partial charge in [-0.25, -0.2) is 0 Å². The van der Waals surface area contributed by atoms with Crippen LogP contribution in [0.4, 0.5) is 0 Å². The van der Waals surface area contributed by atoms with Gasteiger partial charge in [0.15, 0.2) is 0 Å². The van der Waals surface area contributed by atoms with E-state index in [9.17, 15) is 0 Å². The molecule has 0 aliphatic carbocycles. The second-order valence-electron chi connectivity index (χ2n) is 4.66. The lowest BCUT2D eigenvalue weighted by Crippen LogP contribution is -1.94. The Hall–Kier alpha value is -2.20. The normalized spacial score (nSPS) is 11.7. The number of hydrogen-bond acceptors (Lipinski definition) is 1. The van der Waals surface area contributed by atoms with E-state index in [1.54, 1.807) is 7.11 Å². The van der Waals surface area contributed by atoms with Gasteiger partial charge in [0.25, 0.3) is 0 Å². The molecule has 0 saturated heterocycles. The molecule has 1 atom stereocenters. The summed E-state index contributed by atoms with van der Waals surface area (Å²) in [4.78, 5) is 0. The van der Waals surface area contributed by atoms with Gasteiger partial charge >= 0.3 is 0 Å². The Kier molecular flexibility index (Phi) is 3.92. The quantitative estimate of drug-likeness (QED) is 0.733. The van der Waals surface area contributed by atoms with Crippen molar-refractivity contribution in [1.29, 1.82) is 0 Å². The monoisotopic (exact) mass is 250 g/mol. The maximum atomic E-state index is 5.52. The van der Waals surface area contributed by atoms with Crippen molar-refractivity contribution >= 4 is 0 Å². The van der Waals surface area contributed by atoms with E-state index in [2.05, 4.69) is 37.1 Å². The first-order valence-corrected chi connectivity index (χ1v) is 6.37. The molecule has 0 bridgehead atoms. The summed E-state index contributed by atoms with van der Waals surface area (Å²) < 4.78 is 5.52. The third kappa shape index (κ3) is 2.63. The van der Waals surface area contributed by atoms with Gasteiger partial charge in [-0.3, -0.25) is 0 Å². The molecule has 0 N–H and O–H groups in total. The van der Waals surface area contributed by atoms with Gasteiger partial charge in [0, 0.05) is 11.5 Å². The summed E-state index contributed by atoms with van der Waals surface area (Å²) in [7, 11) is 1.70. The Bertz CT molecular complexity index is 620. The standard InChI is InChI=1S/C18H18O/c1-5-13(2)15-10-11-17(18(12-15)19-4)16-9-7-6-8-14(16)3/h1,6-13H,2-4H3/t13-/m1/s1. The Labute approximate surface area is 115 Å². The number of methoxy groups -OCH3 is 1. The summed E-state index contributed by atoms with van der Waals surface area (Å²) in [5.41, 5.74) is 4.64. The fraction of sp³-hybridized carbons (Fsp3) is 0.222. The Balaban J connectivity index is 2.54. The first kappa shape index (κ1) is 13.2. The van der Waals surface area contributed by atoms with Crippen LogP contribution in [-0.4, -0.2) is 7.11 Å². The van der Waals surface area contributed by atoms with E-state index in [1.807, 2.05) is 25.1 Å². The molecule has 0 heterocycles. The minimum Gasteiger partial charge on any atom is -0.496 e. The van der Waals surface area contributed by atoms with Crippen molar-refractivity contribution in [2.24, 2.45) is 0 Å². The highest BCUT2D eigenvalue weighted by Gasteiger charge is 2.10. The van der Waals surface area contributed by atoms with Gasteiger partial charge in [0.1, 0.15) is 5.75 Å². The summed E-state index contributed by atoms with van der Waals surface area (Å²) in [5, 5.41) is 0. The van der Waals surface area contributed by atoms with Crippen LogP contribution < -0.4 is 4.74 Å². The average molecular weight is 250 g/mol. The lowest BCUT2D eigenvalue weighted by Gasteiger charge is -2.14. The summed E-state index contributed by atoms with van der Waals surface area (Å²) in [5.74, 6) is 3.71. The van der Waals surface area contributed by atoms with E-state index < -0.39 is 0 Å². The minimum atomic E-state index is 0.0971. The third-order valence-electron chi connectivity index (χ3n) is 3.41. The molecule has 0 fully saturated rings. The number of rotatable bonds is 3. The number of hydrogen-bond donors (Lipinski definition) is 0. The zero-order chi connectivity index (χ0) is 13.8. The van der Waals surface area contributed by atoms with Crippen LogP contribution in [0.1, 0.15) is 24.0 Å². The molecule has 0 saturated carbocycles. The number of terminal acetylenes is 1. The molecule has 0 spiro atoms. The molecule has 2 aromatic carbocycles. The molecule has 0 unspecified atom stereocenters. The van der Waals surface area contributed by atoms with Crippen LogP contribution in [0.3, 0.4) is 0 Å². The molecule has 0 radical (unpaired) electrons. The van der Waals surface area contributed by atoms with Crippen LogP contribution in [-0.2, 0) is 0 Å². The lowest BCUT2D eigenvalue weighted by atomic mass is 9.95. The molecule has 1 nitrogen and oxygen atoms in total. The van der Waals surface area contributed by atoms with Crippen LogP contribution in [0, 0.1) is 19.3 Å². The second-order valence-corrected chi connectivity index (χ2v) is 4.66. The summed E-state index contributed by atoms with van der Waals surface area (Å²) in [6, 6.07) is 14.5. The summed E-state index contributed by atoms with van der Waals surface area (Å²) in [6.45, 7) is 4.12. The van der Waals surface area contributed by atoms with Gasteiger partial charge in [-0.2, -0.15) is 0 Å². The lowest BCUT2D eigenvalue weighted by molar-refractivity contribution is 0.416. The zero-order valence-corrected chi connectivity index (χ0v) is 11.6. The van der Waals surface area contributed by atoms with Gasteiger partial charge in [0.2, 0.25) is 0 Å². The highest BCUT2D eigenvalue weighted by Crippen LogP contribution is 2.34. The first-order chi connectivity index (χ1) is 9.17. The van der Waals surface area contributed by atoms with Gasteiger partial charge < -0.3 is 4.74 Å². The maximum absolute atomic E-state index is 5.52. The van der Waals surface area contributed by atoms with Crippen molar-refractivity contribution < 1.29 is 4.74 Å². The Morgan fingerprint density at radius 2 is 1.84 bits per heavy atom. The molecular weight excluding hydrogens is 232 g/mol. The number of ether oxygens (including phenoxy) is 1. The fourth-order valence-electron chi connectivity index (χ4n) is 2.17. The predicted octanol–water partition coefficient (Wildman–Crippen LogP) is 4.41. The molecule has 0 aromatic heterocycles. The molecule has 2 rings (SSSR count). The van der Waals surface area contributed by atoms with Crippen LogP contribution >= 0.6 is 0 Å². The van der Waals surface area contributed by atoms with E-state index in [0.29, 0.717) is 0 Å². The van der Waals surface area contributed by atoms with Crippen LogP contribution in [0.15, 0.2) is 42.5 Å². The van der Waals surface area contributed by atoms with Crippen molar-refractivity contribution in [1.82, 2.24) is 0 Å². The largest absolute Gasteiger partial charge is 0.496 e.